The van der Waals surface area contributed by atoms with E-state index in [2.05, 4.69) is 5.32 Å². The molecule has 2 aliphatic rings. The van der Waals surface area contributed by atoms with Crippen LogP contribution in [0.2, 0.25) is 0 Å². The van der Waals surface area contributed by atoms with Gasteiger partial charge < -0.3 is 14.8 Å². The molecule has 0 bridgehead atoms. The molecule has 1 N–H and O–H groups in total. The Hall–Kier alpha value is -2.42. The first-order valence-corrected chi connectivity index (χ1v) is 10.6. The average Bonchev–Trinajstić information content (AvgIpc) is 2.76. The maximum absolute atomic E-state index is 13.1. The highest BCUT2D eigenvalue weighted by Crippen LogP contribution is 2.37. The summed E-state index contributed by atoms with van der Waals surface area (Å²) in [6, 6.07) is 9.85. The van der Waals surface area contributed by atoms with E-state index in [0.29, 0.717) is 17.2 Å². The molecule has 2 aromatic carbocycles. The van der Waals surface area contributed by atoms with Gasteiger partial charge in [0.15, 0.2) is 5.75 Å². The van der Waals surface area contributed by atoms with Crippen molar-refractivity contribution in [3.63, 3.8) is 0 Å². The second-order valence-electron chi connectivity index (χ2n) is 7.29. The minimum absolute atomic E-state index is 0.0634. The summed E-state index contributed by atoms with van der Waals surface area (Å²) >= 11 is 0. The van der Waals surface area contributed by atoms with Crippen molar-refractivity contribution in [1.82, 2.24) is 4.31 Å². The number of fused-ring (bicyclic) bond motifs is 2. The Labute approximate surface area is 164 Å². The van der Waals surface area contributed by atoms with Gasteiger partial charge >= 0.3 is 0 Å². The van der Waals surface area contributed by atoms with Gasteiger partial charge in [0, 0.05) is 13.1 Å². The van der Waals surface area contributed by atoms with Crippen LogP contribution in [0.5, 0.6) is 11.5 Å². The number of nitrogens with one attached hydrogen (secondary N) is 1. The smallest absolute Gasteiger partial charge is 0.259 e. The fourth-order valence-corrected chi connectivity index (χ4v) is 5.15. The normalized spacial score (nSPS) is 22.5. The predicted molar refractivity (Wildman–Crippen MR) is 104 cm³/mol. The molecular weight excluding hydrogens is 380 g/mol. The molecule has 0 saturated carbocycles. The van der Waals surface area contributed by atoms with Crippen LogP contribution in [-0.4, -0.2) is 43.9 Å². The van der Waals surface area contributed by atoms with Gasteiger partial charge in [0.25, 0.3) is 5.91 Å². The highest BCUT2D eigenvalue weighted by molar-refractivity contribution is 7.89. The van der Waals surface area contributed by atoms with Gasteiger partial charge in [0.05, 0.1) is 28.4 Å². The molecular formula is C20H22N2O5S. The van der Waals surface area contributed by atoms with E-state index in [9.17, 15) is 13.2 Å². The topological polar surface area (TPSA) is 84.9 Å². The molecule has 0 aliphatic carbocycles. The van der Waals surface area contributed by atoms with Crippen LogP contribution in [0.3, 0.4) is 0 Å². The van der Waals surface area contributed by atoms with E-state index >= 15 is 0 Å². The number of aryl methyl sites for hydroxylation is 1. The number of amides is 1. The van der Waals surface area contributed by atoms with Crippen LogP contribution < -0.4 is 10.1 Å². The lowest BCUT2D eigenvalue weighted by Crippen LogP contribution is -2.48. The standard InChI is InChI=1S/C20H22N2O5S/c1-12-4-6-17-19(8-12)27-18-7-5-15(9-16(18)20(23)21-17)28(24,25)22-10-13(2)26-14(3)11-22/h4-9,13-14H,10-11H2,1-3H3,(H,21,23)/t13-,14-/m0/s1. The Morgan fingerprint density at radius 2 is 1.75 bits per heavy atom. The quantitative estimate of drug-likeness (QED) is 0.834. The molecule has 0 radical (unpaired) electrons. The predicted octanol–water partition coefficient (Wildman–Crippen LogP) is 3.15. The van der Waals surface area contributed by atoms with Gasteiger partial charge in [-0.2, -0.15) is 4.31 Å². The summed E-state index contributed by atoms with van der Waals surface area (Å²) in [4.78, 5) is 12.8. The second-order valence-corrected chi connectivity index (χ2v) is 9.23. The van der Waals surface area contributed by atoms with E-state index in [1.165, 1.54) is 22.5 Å². The van der Waals surface area contributed by atoms with Crippen molar-refractivity contribution in [3.05, 3.63) is 47.5 Å². The van der Waals surface area contributed by atoms with Crippen LogP contribution in [0.1, 0.15) is 29.8 Å². The Bertz CT molecular complexity index is 1040. The molecule has 2 atom stereocenters. The first-order valence-electron chi connectivity index (χ1n) is 9.13. The molecule has 1 saturated heterocycles. The minimum Gasteiger partial charge on any atom is -0.454 e. The average molecular weight is 402 g/mol. The van der Waals surface area contributed by atoms with Gasteiger partial charge in [0.2, 0.25) is 10.0 Å². The SMILES string of the molecule is Cc1ccc2c(c1)Oc1ccc(S(=O)(=O)N3C[C@H](C)O[C@@H](C)C3)cc1C(=O)N2. The largest absolute Gasteiger partial charge is 0.454 e. The molecule has 2 heterocycles. The summed E-state index contributed by atoms with van der Waals surface area (Å²) in [5.74, 6) is 0.446. The lowest BCUT2D eigenvalue weighted by molar-refractivity contribution is -0.0440. The highest BCUT2D eigenvalue weighted by atomic mass is 32.2. The number of anilines is 1. The van der Waals surface area contributed by atoms with Crippen molar-refractivity contribution >= 4 is 21.6 Å². The fourth-order valence-electron chi connectivity index (χ4n) is 3.54. The maximum atomic E-state index is 13.1. The van der Waals surface area contributed by atoms with Crippen molar-refractivity contribution in [2.45, 2.75) is 37.9 Å². The summed E-state index contributed by atoms with van der Waals surface area (Å²) in [6.45, 7) is 6.16. The van der Waals surface area contributed by atoms with Crippen LogP contribution in [0, 0.1) is 6.92 Å². The van der Waals surface area contributed by atoms with Gasteiger partial charge in [-0.3, -0.25) is 4.79 Å². The molecule has 7 nitrogen and oxygen atoms in total. The number of benzene rings is 2. The molecule has 2 aliphatic heterocycles. The van der Waals surface area contributed by atoms with Crippen molar-refractivity contribution in [2.75, 3.05) is 18.4 Å². The number of morpholine rings is 1. The zero-order chi connectivity index (χ0) is 20.1. The minimum atomic E-state index is -3.75. The Morgan fingerprint density at radius 1 is 1.04 bits per heavy atom. The number of rotatable bonds is 2. The van der Waals surface area contributed by atoms with E-state index in [1.54, 1.807) is 6.07 Å². The van der Waals surface area contributed by atoms with Crippen molar-refractivity contribution in [2.24, 2.45) is 0 Å². The van der Waals surface area contributed by atoms with Crippen LogP contribution in [0.15, 0.2) is 41.3 Å². The van der Waals surface area contributed by atoms with Crippen LogP contribution in [-0.2, 0) is 14.8 Å². The van der Waals surface area contributed by atoms with Gasteiger partial charge in [-0.25, -0.2) is 8.42 Å². The lowest BCUT2D eigenvalue weighted by atomic mass is 10.2. The number of hydrogen-bond acceptors (Lipinski definition) is 5. The molecule has 1 fully saturated rings. The number of nitrogens with zero attached hydrogens (tertiary/aromatic N) is 1. The second kappa shape index (κ2) is 6.88. The summed E-state index contributed by atoms with van der Waals surface area (Å²) in [5.41, 5.74) is 1.72. The zero-order valence-corrected chi connectivity index (χ0v) is 16.7. The van der Waals surface area contributed by atoms with Crippen molar-refractivity contribution in [3.8, 4) is 11.5 Å². The Balaban J connectivity index is 1.71. The van der Waals surface area contributed by atoms with Gasteiger partial charge in [-0.1, -0.05) is 6.07 Å². The first-order chi connectivity index (χ1) is 13.2. The molecule has 148 valence electrons. The van der Waals surface area contributed by atoms with E-state index in [4.69, 9.17) is 9.47 Å². The van der Waals surface area contributed by atoms with E-state index in [-0.39, 0.29) is 35.8 Å². The van der Waals surface area contributed by atoms with Crippen molar-refractivity contribution < 1.29 is 22.7 Å². The molecule has 1 amide bonds. The number of sulfonamides is 1. The molecule has 28 heavy (non-hydrogen) atoms. The van der Waals surface area contributed by atoms with Gasteiger partial charge in [-0.15, -0.1) is 0 Å². The molecule has 8 heteroatoms. The molecule has 4 rings (SSSR count). The van der Waals surface area contributed by atoms with E-state index < -0.39 is 15.9 Å². The number of carbonyl (C=O) groups is 1. The first kappa shape index (κ1) is 18.9. The lowest BCUT2D eigenvalue weighted by Gasteiger charge is -2.34. The Morgan fingerprint density at radius 3 is 2.46 bits per heavy atom. The molecule has 0 aromatic heterocycles. The number of carbonyl (C=O) groups excluding carboxylic acids is 1. The number of hydrogen-bond donors (Lipinski definition) is 1. The maximum Gasteiger partial charge on any atom is 0.259 e. The third-order valence-corrected chi connectivity index (χ3v) is 6.65. The van der Waals surface area contributed by atoms with Crippen LogP contribution in [0.4, 0.5) is 5.69 Å². The van der Waals surface area contributed by atoms with E-state index in [0.717, 1.165) is 5.56 Å². The monoisotopic (exact) mass is 402 g/mol. The summed E-state index contributed by atoms with van der Waals surface area (Å²) < 4.78 is 39.2. The van der Waals surface area contributed by atoms with Crippen LogP contribution >= 0.6 is 0 Å². The summed E-state index contributed by atoms with van der Waals surface area (Å²) in [5, 5.41) is 2.79. The summed E-state index contributed by atoms with van der Waals surface area (Å²) in [7, 11) is -3.75. The van der Waals surface area contributed by atoms with Crippen LogP contribution in [0.25, 0.3) is 0 Å². The molecule has 0 unspecified atom stereocenters. The molecule has 0 spiro atoms. The molecule has 2 aromatic rings. The zero-order valence-electron chi connectivity index (χ0n) is 15.9. The number of ether oxygens (including phenoxy) is 2. The Kier molecular flexibility index (Phi) is 4.65. The third-order valence-electron chi connectivity index (χ3n) is 4.82. The highest BCUT2D eigenvalue weighted by Gasteiger charge is 2.33. The van der Waals surface area contributed by atoms with Gasteiger partial charge in [-0.05, 0) is 56.7 Å². The fraction of sp³-hybridized carbons (Fsp3) is 0.350. The third kappa shape index (κ3) is 3.39. The summed E-state index contributed by atoms with van der Waals surface area (Å²) in [6.07, 6.45) is -0.382. The van der Waals surface area contributed by atoms with Crippen molar-refractivity contribution in [1.29, 1.82) is 0 Å². The van der Waals surface area contributed by atoms with E-state index in [1.807, 2.05) is 32.9 Å². The van der Waals surface area contributed by atoms with Gasteiger partial charge in [0.1, 0.15) is 5.75 Å².